The van der Waals surface area contributed by atoms with Gasteiger partial charge in [0.1, 0.15) is 11.5 Å². The van der Waals surface area contributed by atoms with Gasteiger partial charge in [-0.2, -0.15) is 13.2 Å². The molecule has 1 aromatic heterocycles. The highest BCUT2D eigenvalue weighted by Crippen LogP contribution is 2.37. The number of nitrogens with two attached hydrogens (primary N) is 1. The van der Waals surface area contributed by atoms with Gasteiger partial charge in [-0.15, -0.1) is 5.10 Å². The quantitative estimate of drug-likeness (QED) is 0.898. The Morgan fingerprint density at radius 3 is 2.50 bits per heavy atom. The highest BCUT2D eigenvalue weighted by molar-refractivity contribution is 5.73. The molecule has 7 heteroatoms. The number of hydrogen-bond acceptors (Lipinski definition) is 3. The topological polar surface area (TPSA) is 56.7 Å². The van der Waals surface area contributed by atoms with E-state index in [1.54, 1.807) is 6.92 Å². The van der Waals surface area contributed by atoms with Crippen molar-refractivity contribution in [1.82, 2.24) is 15.0 Å². The number of halogens is 3. The first kappa shape index (κ1) is 12.4. The molecule has 1 aromatic carbocycles. The largest absolute Gasteiger partial charge is 0.417 e. The highest BCUT2D eigenvalue weighted by atomic mass is 19.4. The summed E-state index contributed by atoms with van der Waals surface area (Å²) in [7, 11) is 0. The Labute approximate surface area is 101 Å². The molecular weight excluding hydrogens is 245 g/mol. The Balaban J connectivity index is 2.61. The zero-order valence-electron chi connectivity index (χ0n) is 9.57. The third-order valence-electron chi connectivity index (χ3n) is 2.56. The summed E-state index contributed by atoms with van der Waals surface area (Å²) in [5.41, 5.74) is 4.97. The molecule has 0 atom stereocenters. The van der Waals surface area contributed by atoms with Gasteiger partial charge in [-0.3, -0.25) is 0 Å². The number of rotatable bonds is 2. The Kier molecular flexibility index (Phi) is 2.98. The van der Waals surface area contributed by atoms with Crippen molar-refractivity contribution in [2.45, 2.75) is 19.6 Å². The molecule has 2 N–H and O–H groups in total. The lowest BCUT2D eigenvalue weighted by Gasteiger charge is -2.11. The van der Waals surface area contributed by atoms with Crippen LogP contribution in [0.15, 0.2) is 24.3 Å². The molecule has 0 aliphatic heterocycles. The molecule has 4 nitrogen and oxygen atoms in total. The van der Waals surface area contributed by atoms with Crippen LogP contribution in [-0.4, -0.2) is 15.0 Å². The van der Waals surface area contributed by atoms with E-state index in [9.17, 15) is 13.2 Å². The lowest BCUT2D eigenvalue weighted by Crippen LogP contribution is -2.08. The van der Waals surface area contributed by atoms with Crippen LogP contribution >= 0.6 is 0 Å². The van der Waals surface area contributed by atoms with Gasteiger partial charge in [0, 0.05) is 12.1 Å². The van der Waals surface area contributed by atoms with Crippen LogP contribution in [0.25, 0.3) is 11.3 Å². The number of benzene rings is 1. The molecule has 0 saturated heterocycles. The van der Waals surface area contributed by atoms with Crippen molar-refractivity contribution >= 4 is 5.82 Å². The molecule has 0 saturated carbocycles. The van der Waals surface area contributed by atoms with Crippen molar-refractivity contribution in [3.63, 3.8) is 0 Å². The number of aryl methyl sites for hydroxylation is 1. The summed E-state index contributed by atoms with van der Waals surface area (Å²) in [6.07, 6.45) is -4.45. The zero-order chi connectivity index (χ0) is 13.3. The van der Waals surface area contributed by atoms with Gasteiger partial charge in [-0.05, 0) is 13.0 Å². The second kappa shape index (κ2) is 4.32. The molecule has 18 heavy (non-hydrogen) atoms. The molecule has 0 bridgehead atoms. The van der Waals surface area contributed by atoms with Crippen LogP contribution in [0.5, 0.6) is 0 Å². The van der Waals surface area contributed by atoms with Crippen molar-refractivity contribution in [1.29, 1.82) is 0 Å². The minimum absolute atomic E-state index is 0.0535. The SMILES string of the molecule is CCn1nnc(-c2ccccc2C(F)(F)F)c1N. The summed E-state index contributed by atoms with van der Waals surface area (Å²) in [6, 6.07) is 5.17. The number of aromatic nitrogens is 3. The first-order valence-corrected chi connectivity index (χ1v) is 5.30. The second-order valence-corrected chi connectivity index (χ2v) is 3.68. The van der Waals surface area contributed by atoms with E-state index >= 15 is 0 Å². The molecular formula is C11H11F3N4. The average molecular weight is 256 g/mol. The van der Waals surface area contributed by atoms with E-state index in [0.717, 1.165) is 6.07 Å². The predicted molar refractivity (Wildman–Crippen MR) is 60.5 cm³/mol. The van der Waals surface area contributed by atoms with Gasteiger partial charge in [0.05, 0.1) is 5.56 Å². The molecule has 0 amide bonds. The van der Waals surface area contributed by atoms with Gasteiger partial charge in [-0.1, -0.05) is 23.4 Å². The molecule has 2 rings (SSSR count). The van der Waals surface area contributed by atoms with Crippen LogP contribution in [0, 0.1) is 0 Å². The molecule has 0 aliphatic carbocycles. The number of hydrogen-bond donors (Lipinski definition) is 1. The van der Waals surface area contributed by atoms with Gasteiger partial charge in [0.25, 0.3) is 0 Å². The zero-order valence-corrected chi connectivity index (χ0v) is 9.57. The van der Waals surface area contributed by atoms with Gasteiger partial charge >= 0.3 is 6.18 Å². The lowest BCUT2D eigenvalue weighted by molar-refractivity contribution is -0.137. The molecule has 2 aromatic rings. The Hall–Kier alpha value is -2.05. The molecule has 0 fully saturated rings. The summed E-state index contributed by atoms with van der Waals surface area (Å²) >= 11 is 0. The van der Waals surface area contributed by atoms with Crippen LogP contribution in [0.2, 0.25) is 0 Å². The summed E-state index contributed by atoms with van der Waals surface area (Å²) in [5, 5.41) is 7.43. The fourth-order valence-corrected chi connectivity index (χ4v) is 1.68. The molecule has 1 heterocycles. The Morgan fingerprint density at radius 1 is 1.28 bits per heavy atom. The third-order valence-corrected chi connectivity index (χ3v) is 2.56. The van der Waals surface area contributed by atoms with Crippen LogP contribution in [0.1, 0.15) is 12.5 Å². The standard InChI is InChI=1S/C11H11F3N4/c1-2-18-10(15)9(16-17-18)7-5-3-4-6-8(7)11(12,13)14/h3-6H,2,15H2,1H3. The van der Waals surface area contributed by atoms with Gasteiger partial charge < -0.3 is 5.73 Å². The van der Waals surface area contributed by atoms with Crippen LogP contribution in [0.3, 0.4) is 0 Å². The van der Waals surface area contributed by atoms with Crippen molar-refractivity contribution in [3.8, 4) is 11.3 Å². The number of nitrogens with zero attached hydrogens (tertiary/aromatic N) is 3. The summed E-state index contributed by atoms with van der Waals surface area (Å²) in [6.45, 7) is 2.23. The van der Waals surface area contributed by atoms with Crippen molar-refractivity contribution < 1.29 is 13.2 Å². The number of nitrogen functional groups attached to an aromatic ring is 1. The fraction of sp³-hybridized carbons (Fsp3) is 0.273. The van der Waals surface area contributed by atoms with Crippen molar-refractivity contribution in [3.05, 3.63) is 29.8 Å². The molecule has 0 radical (unpaired) electrons. The minimum atomic E-state index is -4.45. The van der Waals surface area contributed by atoms with E-state index in [1.807, 2.05) is 0 Å². The maximum Gasteiger partial charge on any atom is 0.417 e. The fourth-order valence-electron chi connectivity index (χ4n) is 1.68. The van der Waals surface area contributed by atoms with E-state index in [1.165, 1.54) is 22.9 Å². The maximum atomic E-state index is 12.9. The maximum absolute atomic E-state index is 12.9. The van der Waals surface area contributed by atoms with Crippen molar-refractivity contribution in [2.24, 2.45) is 0 Å². The first-order valence-electron chi connectivity index (χ1n) is 5.30. The molecule has 96 valence electrons. The van der Waals surface area contributed by atoms with Gasteiger partial charge in [0.15, 0.2) is 0 Å². The summed E-state index contributed by atoms with van der Waals surface area (Å²) in [5.74, 6) is 0.134. The van der Waals surface area contributed by atoms with Gasteiger partial charge in [0.2, 0.25) is 0 Å². The van der Waals surface area contributed by atoms with E-state index in [0.29, 0.717) is 6.54 Å². The predicted octanol–water partition coefficient (Wildman–Crippen LogP) is 2.57. The lowest BCUT2D eigenvalue weighted by atomic mass is 10.0. The number of anilines is 1. The third kappa shape index (κ3) is 2.03. The van der Waals surface area contributed by atoms with Crippen LogP contribution < -0.4 is 5.73 Å². The average Bonchev–Trinajstić information content (AvgIpc) is 2.69. The molecule has 0 spiro atoms. The van der Waals surface area contributed by atoms with E-state index < -0.39 is 11.7 Å². The van der Waals surface area contributed by atoms with E-state index in [4.69, 9.17) is 5.73 Å². The first-order chi connectivity index (χ1) is 8.45. The van der Waals surface area contributed by atoms with Crippen molar-refractivity contribution in [2.75, 3.05) is 5.73 Å². The number of alkyl halides is 3. The molecule has 0 unspecified atom stereocenters. The smallest absolute Gasteiger partial charge is 0.382 e. The van der Waals surface area contributed by atoms with E-state index in [2.05, 4.69) is 10.3 Å². The van der Waals surface area contributed by atoms with Gasteiger partial charge in [-0.25, -0.2) is 4.68 Å². The minimum Gasteiger partial charge on any atom is -0.382 e. The Bertz CT molecular complexity index is 560. The summed E-state index contributed by atoms with van der Waals surface area (Å²) in [4.78, 5) is 0. The van der Waals surface area contributed by atoms with Crippen LogP contribution in [0.4, 0.5) is 19.0 Å². The summed E-state index contributed by atoms with van der Waals surface area (Å²) < 4.78 is 39.9. The van der Waals surface area contributed by atoms with E-state index in [-0.39, 0.29) is 17.1 Å². The second-order valence-electron chi connectivity index (χ2n) is 3.68. The monoisotopic (exact) mass is 256 g/mol. The Morgan fingerprint density at radius 2 is 1.94 bits per heavy atom. The normalized spacial score (nSPS) is 11.8. The van der Waals surface area contributed by atoms with Crippen LogP contribution in [-0.2, 0) is 12.7 Å². The molecule has 0 aliphatic rings. The highest BCUT2D eigenvalue weighted by Gasteiger charge is 2.34.